The second kappa shape index (κ2) is 7.58. The first-order valence-corrected chi connectivity index (χ1v) is 7.42. The molecule has 0 bridgehead atoms. The highest BCUT2D eigenvalue weighted by Crippen LogP contribution is 2.10. The molecular formula is C18H22N2O. The molecule has 1 aromatic carbocycles. The number of hydrogen-bond donors (Lipinski definition) is 0. The largest absolute Gasteiger partial charge is 0.342 e. The van der Waals surface area contributed by atoms with Gasteiger partial charge >= 0.3 is 0 Å². The van der Waals surface area contributed by atoms with Crippen LogP contribution >= 0.6 is 0 Å². The molecule has 0 aliphatic carbocycles. The van der Waals surface area contributed by atoms with Crippen LogP contribution in [0.4, 0.5) is 0 Å². The van der Waals surface area contributed by atoms with Crippen molar-refractivity contribution in [1.29, 1.82) is 0 Å². The first kappa shape index (κ1) is 15.2. The minimum absolute atomic E-state index is 0.195. The molecule has 21 heavy (non-hydrogen) atoms. The molecule has 3 heteroatoms. The van der Waals surface area contributed by atoms with E-state index in [1.807, 2.05) is 42.2 Å². The van der Waals surface area contributed by atoms with E-state index in [9.17, 15) is 4.79 Å². The smallest absolute Gasteiger partial charge is 0.227 e. The van der Waals surface area contributed by atoms with Crippen molar-refractivity contribution in [2.75, 3.05) is 13.1 Å². The number of aromatic nitrogens is 1. The number of benzene rings is 1. The molecule has 1 aromatic heterocycles. The summed E-state index contributed by atoms with van der Waals surface area (Å²) in [6.45, 7) is 5.58. The first-order valence-electron chi connectivity index (χ1n) is 7.42. The average molecular weight is 282 g/mol. The quantitative estimate of drug-likeness (QED) is 0.816. The van der Waals surface area contributed by atoms with Gasteiger partial charge in [-0.15, -0.1) is 0 Å². The fourth-order valence-corrected chi connectivity index (χ4v) is 2.36. The predicted octanol–water partition coefficient (Wildman–Crippen LogP) is 3.02. The Kier molecular flexibility index (Phi) is 5.50. The van der Waals surface area contributed by atoms with E-state index < -0.39 is 0 Å². The number of pyridine rings is 1. The summed E-state index contributed by atoms with van der Waals surface area (Å²) >= 11 is 0. The number of nitrogens with zero attached hydrogens (tertiary/aromatic N) is 2. The number of likely N-dealkylation sites (N-methyl/N-ethyl adjacent to an activating group) is 1. The summed E-state index contributed by atoms with van der Waals surface area (Å²) in [6.07, 6.45) is 4.94. The molecule has 0 atom stereocenters. The zero-order chi connectivity index (χ0) is 15.1. The maximum atomic E-state index is 12.4. The van der Waals surface area contributed by atoms with Gasteiger partial charge in [-0.1, -0.05) is 24.3 Å². The summed E-state index contributed by atoms with van der Waals surface area (Å²) in [5.74, 6) is 0.195. The Morgan fingerprint density at radius 2 is 1.86 bits per heavy atom. The Hall–Kier alpha value is -2.16. The number of amides is 1. The van der Waals surface area contributed by atoms with Gasteiger partial charge in [0.05, 0.1) is 6.42 Å². The Bertz CT molecular complexity index is 581. The lowest BCUT2D eigenvalue weighted by molar-refractivity contribution is -0.130. The lowest BCUT2D eigenvalue weighted by Crippen LogP contribution is -2.34. The lowest BCUT2D eigenvalue weighted by Gasteiger charge is -2.21. The molecule has 1 heterocycles. The molecule has 0 unspecified atom stereocenters. The second-order valence-electron chi connectivity index (χ2n) is 5.18. The molecule has 110 valence electrons. The molecule has 1 amide bonds. The maximum absolute atomic E-state index is 12.4. The van der Waals surface area contributed by atoms with Gasteiger partial charge in [0.1, 0.15) is 0 Å². The molecule has 0 saturated carbocycles. The molecule has 3 nitrogen and oxygen atoms in total. The van der Waals surface area contributed by atoms with Crippen molar-refractivity contribution in [3.8, 4) is 0 Å². The molecule has 2 rings (SSSR count). The van der Waals surface area contributed by atoms with Crippen molar-refractivity contribution in [3.05, 3.63) is 65.5 Å². The van der Waals surface area contributed by atoms with E-state index in [4.69, 9.17) is 0 Å². The Balaban J connectivity index is 1.94. The van der Waals surface area contributed by atoms with Gasteiger partial charge in [0.15, 0.2) is 0 Å². The lowest BCUT2D eigenvalue weighted by atomic mass is 10.1. The van der Waals surface area contributed by atoms with Crippen molar-refractivity contribution in [1.82, 2.24) is 9.88 Å². The normalized spacial score (nSPS) is 10.4. The number of hydrogen-bond acceptors (Lipinski definition) is 2. The van der Waals surface area contributed by atoms with E-state index in [2.05, 4.69) is 18.0 Å². The van der Waals surface area contributed by atoms with E-state index in [1.165, 1.54) is 11.1 Å². The fourth-order valence-electron chi connectivity index (χ4n) is 2.36. The van der Waals surface area contributed by atoms with Crippen molar-refractivity contribution in [3.63, 3.8) is 0 Å². The van der Waals surface area contributed by atoms with Gasteiger partial charge in [-0.3, -0.25) is 9.78 Å². The first-order chi connectivity index (χ1) is 10.2. The third kappa shape index (κ3) is 4.42. The van der Waals surface area contributed by atoms with Gasteiger partial charge in [-0.05, 0) is 49.1 Å². The minimum atomic E-state index is 0.195. The van der Waals surface area contributed by atoms with Gasteiger partial charge in [0.2, 0.25) is 5.91 Å². The zero-order valence-electron chi connectivity index (χ0n) is 12.7. The van der Waals surface area contributed by atoms with Gasteiger partial charge in [0, 0.05) is 25.5 Å². The maximum Gasteiger partial charge on any atom is 0.227 e. The number of carbonyl (C=O) groups is 1. The molecular weight excluding hydrogens is 260 g/mol. The van der Waals surface area contributed by atoms with Crippen LogP contribution < -0.4 is 0 Å². The summed E-state index contributed by atoms with van der Waals surface area (Å²) in [7, 11) is 0. The highest BCUT2D eigenvalue weighted by atomic mass is 16.2. The van der Waals surface area contributed by atoms with Crippen molar-refractivity contribution >= 4 is 5.91 Å². The van der Waals surface area contributed by atoms with Crippen LogP contribution in [0.15, 0.2) is 48.8 Å². The molecule has 0 aliphatic rings. The standard InChI is InChI=1S/C18H22N2O/c1-3-20(13-10-16-8-11-19-12-9-16)18(21)14-17-7-5-4-6-15(17)2/h4-9,11-12H,3,10,13-14H2,1-2H3. The minimum Gasteiger partial charge on any atom is -0.342 e. The van der Waals surface area contributed by atoms with Crippen LogP contribution in [-0.4, -0.2) is 28.9 Å². The molecule has 0 fully saturated rings. The summed E-state index contributed by atoms with van der Waals surface area (Å²) < 4.78 is 0. The molecule has 0 saturated heterocycles. The fraction of sp³-hybridized carbons (Fsp3) is 0.333. The monoisotopic (exact) mass is 282 g/mol. The van der Waals surface area contributed by atoms with Crippen LogP contribution in [0.1, 0.15) is 23.6 Å². The molecule has 2 aromatic rings. The van der Waals surface area contributed by atoms with E-state index in [-0.39, 0.29) is 5.91 Å². The Morgan fingerprint density at radius 3 is 2.52 bits per heavy atom. The summed E-state index contributed by atoms with van der Waals surface area (Å²) in [6, 6.07) is 12.1. The second-order valence-corrected chi connectivity index (χ2v) is 5.18. The summed E-state index contributed by atoms with van der Waals surface area (Å²) in [5, 5.41) is 0. The van der Waals surface area contributed by atoms with Crippen LogP contribution in [0.3, 0.4) is 0 Å². The molecule has 0 radical (unpaired) electrons. The Labute approximate surface area is 126 Å². The van der Waals surface area contributed by atoms with E-state index in [0.29, 0.717) is 6.42 Å². The topological polar surface area (TPSA) is 33.2 Å². The number of rotatable bonds is 6. The van der Waals surface area contributed by atoms with Crippen molar-refractivity contribution in [2.24, 2.45) is 0 Å². The third-order valence-corrected chi connectivity index (χ3v) is 3.76. The molecule has 0 N–H and O–H groups in total. The van der Waals surface area contributed by atoms with Gasteiger partial charge < -0.3 is 4.90 Å². The number of aryl methyl sites for hydroxylation is 1. The van der Waals surface area contributed by atoms with Crippen LogP contribution in [0.25, 0.3) is 0 Å². The molecule has 0 spiro atoms. The van der Waals surface area contributed by atoms with Crippen molar-refractivity contribution < 1.29 is 4.79 Å². The SMILES string of the molecule is CCN(CCc1ccncc1)C(=O)Cc1ccccc1C. The third-order valence-electron chi connectivity index (χ3n) is 3.76. The van der Waals surface area contributed by atoms with Gasteiger partial charge in [-0.25, -0.2) is 0 Å². The Morgan fingerprint density at radius 1 is 1.14 bits per heavy atom. The van der Waals surface area contributed by atoms with E-state index >= 15 is 0 Å². The predicted molar refractivity (Wildman–Crippen MR) is 85.1 cm³/mol. The number of carbonyl (C=O) groups excluding carboxylic acids is 1. The van der Waals surface area contributed by atoms with Gasteiger partial charge in [0.25, 0.3) is 0 Å². The highest BCUT2D eigenvalue weighted by molar-refractivity contribution is 5.79. The van der Waals surface area contributed by atoms with Crippen LogP contribution in [-0.2, 0) is 17.6 Å². The van der Waals surface area contributed by atoms with Crippen molar-refractivity contribution in [2.45, 2.75) is 26.7 Å². The van der Waals surface area contributed by atoms with E-state index in [1.54, 1.807) is 12.4 Å². The van der Waals surface area contributed by atoms with E-state index in [0.717, 1.165) is 25.1 Å². The summed E-state index contributed by atoms with van der Waals surface area (Å²) in [5.41, 5.74) is 3.51. The highest BCUT2D eigenvalue weighted by Gasteiger charge is 2.13. The molecule has 0 aliphatic heterocycles. The van der Waals surface area contributed by atoms with Gasteiger partial charge in [-0.2, -0.15) is 0 Å². The van der Waals surface area contributed by atoms with Crippen LogP contribution in [0.2, 0.25) is 0 Å². The summed E-state index contributed by atoms with van der Waals surface area (Å²) in [4.78, 5) is 18.4. The zero-order valence-corrected chi connectivity index (χ0v) is 12.7. The van der Waals surface area contributed by atoms with Crippen LogP contribution in [0, 0.1) is 6.92 Å². The van der Waals surface area contributed by atoms with Crippen LogP contribution in [0.5, 0.6) is 0 Å². The average Bonchev–Trinajstić information content (AvgIpc) is 2.51.